The van der Waals surface area contributed by atoms with E-state index in [4.69, 9.17) is 5.11 Å². The first-order valence-corrected chi connectivity index (χ1v) is 4.24. The van der Waals surface area contributed by atoms with Crippen LogP contribution in [0, 0.1) is 11.8 Å². The van der Waals surface area contributed by atoms with E-state index in [1.165, 1.54) is 19.3 Å². The molecule has 0 aromatic rings. The lowest BCUT2D eigenvalue weighted by atomic mass is 9.74. The molecule has 2 N–H and O–H groups in total. The monoisotopic (exact) mass is 141 g/mol. The summed E-state index contributed by atoms with van der Waals surface area (Å²) in [6, 6.07) is 0.724. The highest BCUT2D eigenvalue weighted by Gasteiger charge is 2.34. The summed E-state index contributed by atoms with van der Waals surface area (Å²) < 4.78 is 0. The zero-order valence-electron chi connectivity index (χ0n) is 6.21. The minimum absolute atomic E-state index is 0.406. The van der Waals surface area contributed by atoms with Crippen LogP contribution >= 0.6 is 0 Å². The van der Waals surface area contributed by atoms with Crippen molar-refractivity contribution in [2.24, 2.45) is 11.8 Å². The Bertz CT molecular complexity index is 118. The zero-order chi connectivity index (χ0) is 6.97. The molecule has 3 fully saturated rings. The van der Waals surface area contributed by atoms with Crippen LogP contribution in [0.3, 0.4) is 0 Å². The van der Waals surface area contributed by atoms with Crippen LogP contribution in [0.5, 0.6) is 0 Å². The molecule has 3 atom stereocenters. The highest BCUT2D eigenvalue weighted by Crippen LogP contribution is 2.33. The summed E-state index contributed by atoms with van der Waals surface area (Å²) >= 11 is 0. The Morgan fingerprint density at radius 1 is 1.40 bits per heavy atom. The third kappa shape index (κ3) is 0.956. The number of rotatable bonds is 1. The molecule has 2 nitrogen and oxygen atoms in total. The number of nitrogens with one attached hydrogen (secondary N) is 1. The van der Waals surface area contributed by atoms with Crippen molar-refractivity contribution in [1.29, 1.82) is 0 Å². The predicted molar refractivity (Wildman–Crippen MR) is 39.7 cm³/mol. The van der Waals surface area contributed by atoms with Crippen molar-refractivity contribution in [3.8, 4) is 0 Å². The first-order valence-electron chi connectivity index (χ1n) is 4.24. The summed E-state index contributed by atoms with van der Waals surface area (Å²) in [5, 5.41) is 12.5. The van der Waals surface area contributed by atoms with E-state index in [1.54, 1.807) is 0 Å². The summed E-state index contributed by atoms with van der Waals surface area (Å²) in [6.45, 7) is 1.55. The van der Waals surface area contributed by atoms with Crippen molar-refractivity contribution in [2.45, 2.75) is 25.3 Å². The van der Waals surface area contributed by atoms with Crippen LogP contribution in [0.15, 0.2) is 0 Å². The molecule has 10 heavy (non-hydrogen) atoms. The molecule has 3 rings (SSSR count). The van der Waals surface area contributed by atoms with Crippen LogP contribution in [-0.4, -0.2) is 24.3 Å². The van der Waals surface area contributed by atoms with Crippen molar-refractivity contribution in [3.63, 3.8) is 0 Å². The van der Waals surface area contributed by atoms with Gasteiger partial charge in [-0.3, -0.25) is 0 Å². The lowest BCUT2D eigenvalue weighted by Gasteiger charge is -2.42. The summed E-state index contributed by atoms with van der Waals surface area (Å²) in [5.74, 6) is 1.38. The van der Waals surface area contributed by atoms with Gasteiger partial charge >= 0.3 is 0 Å². The molecule has 0 aromatic carbocycles. The molecule has 0 aromatic heterocycles. The minimum Gasteiger partial charge on any atom is -0.396 e. The molecule has 0 radical (unpaired) electrons. The van der Waals surface area contributed by atoms with Crippen LogP contribution < -0.4 is 5.32 Å². The number of hydrogen-bond donors (Lipinski definition) is 2. The van der Waals surface area contributed by atoms with Gasteiger partial charge in [-0.15, -0.1) is 0 Å². The molecule has 2 aliphatic heterocycles. The average Bonchev–Trinajstić information content (AvgIpc) is 2.06. The fourth-order valence-corrected chi connectivity index (χ4v) is 2.32. The quantitative estimate of drug-likeness (QED) is 0.553. The molecule has 2 saturated heterocycles. The van der Waals surface area contributed by atoms with Crippen LogP contribution in [0.1, 0.15) is 19.3 Å². The summed E-state index contributed by atoms with van der Waals surface area (Å²) in [5.41, 5.74) is 0. The Labute approximate surface area is 61.6 Å². The number of hydrogen-bond acceptors (Lipinski definition) is 2. The molecule has 2 bridgehead atoms. The number of piperidine rings is 2. The van der Waals surface area contributed by atoms with Gasteiger partial charge in [-0.2, -0.15) is 0 Å². The third-order valence-corrected chi connectivity index (χ3v) is 3.04. The highest BCUT2D eigenvalue weighted by molar-refractivity contribution is 4.90. The van der Waals surface area contributed by atoms with E-state index in [0.29, 0.717) is 12.5 Å². The molecule has 1 aliphatic carbocycles. The maximum Gasteiger partial charge on any atom is 0.0462 e. The van der Waals surface area contributed by atoms with Crippen LogP contribution in [0.2, 0.25) is 0 Å². The second-order valence-corrected chi connectivity index (χ2v) is 3.62. The normalized spacial score (nSPS) is 45.9. The van der Waals surface area contributed by atoms with Crippen molar-refractivity contribution < 1.29 is 5.11 Å². The van der Waals surface area contributed by atoms with Gasteiger partial charge in [0.1, 0.15) is 0 Å². The molecule has 58 valence electrons. The smallest absolute Gasteiger partial charge is 0.0462 e. The summed E-state index contributed by atoms with van der Waals surface area (Å²) in [4.78, 5) is 0. The molecular formula is C8H15NO. The number of fused-ring (bicyclic) bond motifs is 3. The first kappa shape index (κ1) is 6.62. The molecule has 0 amide bonds. The van der Waals surface area contributed by atoms with Crippen LogP contribution in [-0.2, 0) is 0 Å². The number of aliphatic hydroxyl groups is 1. The zero-order valence-corrected chi connectivity index (χ0v) is 6.21. The van der Waals surface area contributed by atoms with E-state index >= 15 is 0 Å². The summed E-state index contributed by atoms with van der Waals surface area (Å²) in [6.07, 6.45) is 3.88. The van der Waals surface area contributed by atoms with Crippen molar-refractivity contribution in [3.05, 3.63) is 0 Å². The largest absolute Gasteiger partial charge is 0.396 e. The summed E-state index contributed by atoms with van der Waals surface area (Å²) in [7, 11) is 0. The molecular weight excluding hydrogens is 126 g/mol. The Balaban J connectivity index is 2.01. The Morgan fingerprint density at radius 2 is 2.30 bits per heavy atom. The first-order chi connectivity index (χ1) is 4.90. The topological polar surface area (TPSA) is 32.3 Å². The molecule has 2 heteroatoms. The van der Waals surface area contributed by atoms with Crippen LogP contribution in [0.4, 0.5) is 0 Å². The highest BCUT2D eigenvalue weighted by atomic mass is 16.3. The number of aliphatic hydroxyl groups excluding tert-OH is 1. The van der Waals surface area contributed by atoms with Gasteiger partial charge in [0.15, 0.2) is 0 Å². The second-order valence-electron chi connectivity index (χ2n) is 3.62. The van der Waals surface area contributed by atoms with Gasteiger partial charge in [-0.1, -0.05) is 0 Å². The molecule has 3 unspecified atom stereocenters. The molecule has 1 saturated carbocycles. The predicted octanol–water partition coefficient (Wildman–Crippen LogP) is 0.367. The van der Waals surface area contributed by atoms with E-state index in [1.807, 2.05) is 0 Å². The molecule has 0 spiro atoms. The Hall–Kier alpha value is -0.0800. The van der Waals surface area contributed by atoms with E-state index < -0.39 is 0 Å². The Morgan fingerprint density at radius 3 is 2.60 bits per heavy atom. The fourth-order valence-electron chi connectivity index (χ4n) is 2.32. The van der Waals surface area contributed by atoms with Crippen molar-refractivity contribution in [1.82, 2.24) is 5.32 Å². The van der Waals surface area contributed by atoms with Gasteiger partial charge in [0.05, 0.1) is 0 Å². The molecule has 3 aliphatic rings. The molecule has 2 heterocycles. The minimum atomic E-state index is 0.406. The van der Waals surface area contributed by atoms with E-state index in [2.05, 4.69) is 5.32 Å². The Kier molecular flexibility index (Phi) is 1.66. The van der Waals surface area contributed by atoms with Crippen molar-refractivity contribution in [2.75, 3.05) is 13.2 Å². The van der Waals surface area contributed by atoms with Gasteiger partial charge in [0.2, 0.25) is 0 Å². The lowest BCUT2D eigenvalue weighted by Crippen LogP contribution is -2.49. The lowest BCUT2D eigenvalue weighted by molar-refractivity contribution is 0.0773. The van der Waals surface area contributed by atoms with E-state index in [9.17, 15) is 0 Å². The van der Waals surface area contributed by atoms with Crippen molar-refractivity contribution >= 4 is 0 Å². The van der Waals surface area contributed by atoms with Gasteiger partial charge in [0, 0.05) is 12.6 Å². The second kappa shape index (κ2) is 2.51. The van der Waals surface area contributed by atoms with E-state index in [0.717, 1.165) is 18.5 Å². The van der Waals surface area contributed by atoms with Crippen LogP contribution in [0.25, 0.3) is 0 Å². The van der Waals surface area contributed by atoms with E-state index in [-0.39, 0.29) is 0 Å². The van der Waals surface area contributed by atoms with Gasteiger partial charge in [0.25, 0.3) is 0 Å². The fraction of sp³-hybridized carbons (Fsp3) is 1.00. The maximum absolute atomic E-state index is 8.99. The SMILES string of the molecule is OCC1CC2CCC1CN2. The standard InChI is InChI=1S/C8H15NO/c10-5-7-3-8-2-1-6(7)4-9-8/h6-10H,1-5H2. The third-order valence-electron chi connectivity index (χ3n) is 3.04. The van der Waals surface area contributed by atoms with Gasteiger partial charge in [-0.05, 0) is 37.6 Å². The maximum atomic E-state index is 8.99. The van der Waals surface area contributed by atoms with Gasteiger partial charge in [-0.25, -0.2) is 0 Å². The van der Waals surface area contributed by atoms with Gasteiger partial charge < -0.3 is 10.4 Å². The average molecular weight is 141 g/mol.